The molecule has 144 valence electrons. The molecule has 0 saturated carbocycles. The highest BCUT2D eigenvalue weighted by Crippen LogP contribution is 2.27. The summed E-state index contributed by atoms with van der Waals surface area (Å²) in [6.07, 6.45) is 3.42. The monoisotopic (exact) mass is 395 g/mol. The van der Waals surface area contributed by atoms with Gasteiger partial charge in [0.1, 0.15) is 0 Å². The van der Waals surface area contributed by atoms with Crippen molar-refractivity contribution in [3.05, 3.63) is 54.4 Å². The Morgan fingerprint density at radius 1 is 1.14 bits per heavy atom. The van der Waals surface area contributed by atoms with Gasteiger partial charge in [0.05, 0.1) is 10.9 Å². The van der Waals surface area contributed by atoms with E-state index in [0.717, 1.165) is 11.4 Å². The summed E-state index contributed by atoms with van der Waals surface area (Å²) >= 11 is 1.33. The second-order valence-electron chi connectivity index (χ2n) is 6.14. The first-order chi connectivity index (χ1) is 13.5. The summed E-state index contributed by atoms with van der Waals surface area (Å²) in [7, 11) is 0. The van der Waals surface area contributed by atoms with Gasteiger partial charge in [-0.1, -0.05) is 23.9 Å². The van der Waals surface area contributed by atoms with Gasteiger partial charge in [0, 0.05) is 30.1 Å². The molecular formula is C20H21N5O2S. The summed E-state index contributed by atoms with van der Waals surface area (Å²) in [4.78, 5) is 28.4. The third kappa shape index (κ3) is 4.28. The largest absolute Gasteiger partial charge is 0.324 e. The van der Waals surface area contributed by atoms with Crippen LogP contribution in [0.4, 0.5) is 5.69 Å². The lowest BCUT2D eigenvalue weighted by atomic mass is 10.1. The predicted octanol–water partition coefficient (Wildman–Crippen LogP) is 3.68. The average Bonchev–Trinajstić information content (AvgIpc) is 3.11. The molecular weight excluding hydrogens is 374 g/mol. The first-order valence-corrected chi connectivity index (χ1v) is 9.80. The number of hydrogen-bond acceptors (Lipinski definition) is 6. The molecule has 2 heterocycles. The van der Waals surface area contributed by atoms with E-state index in [0.29, 0.717) is 23.0 Å². The molecule has 0 saturated heterocycles. The molecule has 0 fully saturated rings. The van der Waals surface area contributed by atoms with E-state index in [9.17, 15) is 9.59 Å². The van der Waals surface area contributed by atoms with E-state index < -0.39 is 5.25 Å². The lowest BCUT2D eigenvalue weighted by Gasteiger charge is -2.14. The molecule has 0 unspecified atom stereocenters. The average molecular weight is 395 g/mol. The summed E-state index contributed by atoms with van der Waals surface area (Å²) in [6, 6.07) is 10.7. The van der Waals surface area contributed by atoms with Gasteiger partial charge >= 0.3 is 0 Å². The summed E-state index contributed by atoms with van der Waals surface area (Å²) in [5, 5.41) is 11.6. The molecule has 1 N–H and O–H groups in total. The quantitative estimate of drug-likeness (QED) is 0.485. The number of carbonyl (C=O) groups is 2. The van der Waals surface area contributed by atoms with E-state index in [2.05, 4.69) is 20.5 Å². The van der Waals surface area contributed by atoms with Crippen LogP contribution in [0.25, 0.3) is 11.4 Å². The number of para-hydroxylation sites is 1. The molecule has 28 heavy (non-hydrogen) atoms. The van der Waals surface area contributed by atoms with Crippen molar-refractivity contribution in [2.75, 3.05) is 5.32 Å². The fourth-order valence-corrected chi connectivity index (χ4v) is 3.63. The fourth-order valence-electron chi connectivity index (χ4n) is 2.72. The molecule has 1 atom stereocenters. The maximum absolute atomic E-state index is 12.7. The SMILES string of the molecule is CCn1c(S[C@@H](C)C(=O)Nc2ccccc2C(C)=O)nnc1-c1ccncc1. The number of thioether (sulfide) groups is 1. The number of amides is 1. The molecule has 0 aliphatic heterocycles. The number of carbonyl (C=O) groups excluding carboxylic acids is 2. The second kappa shape index (κ2) is 8.79. The molecule has 3 rings (SSSR count). The first kappa shape index (κ1) is 19.8. The maximum atomic E-state index is 12.7. The molecule has 0 bridgehead atoms. The number of Topliss-reactive ketones (excluding diaryl/α,β-unsaturated/α-hetero) is 1. The highest BCUT2D eigenvalue weighted by molar-refractivity contribution is 8.00. The van der Waals surface area contributed by atoms with Crippen molar-refractivity contribution in [3.63, 3.8) is 0 Å². The van der Waals surface area contributed by atoms with E-state index in [4.69, 9.17) is 0 Å². The Kier molecular flexibility index (Phi) is 6.20. The smallest absolute Gasteiger partial charge is 0.237 e. The lowest BCUT2D eigenvalue weighted by molar-refractivity contribution is -0.115. The molecule has 0 aliphatic rings. The molecule has 7 nitrogen and oxygen atoms in total. The highest BCUT2D eigenvalue weighted by atomic mass is 32.2. The number of nitrogens with zero attached hydrogens (tertiary/aromatic N) is 4. The zero-order chi connectivity index (χ0) is 20.1. The summed E-state index contributed by atoms with van der Waals surface area (Å²) in [5.74, 6) is 0.445. The number of pyridine rings is 1. The van der Waals surface area contributed by atoms with Crippen LogP contribution >= 0.6 is 11.8 Å². The Balaban J connectivity index is 1.76. The topological polar surface area (TPSA) is 89.8 Å². The van der Waals surface area contributed by atoms with Gasteiger partial charge in [0.2, 0.25) is 5.91 Å². The minimum absolute atomic E-state index is 0.0936. The minimum atomic E-state index is -0.417. The van der Waals surface area contributed by atoms with E-state index in [1.807, 2.05) is 23.6 Å². The van der Waals surface area contributed by atoms with Gasteiger partial charge in [0.15, 0.2) is 16.8 Å². The maximum Gasteiger partial charge on any atom is 0.237 e. The van der Waals surface area contributed by atoms with E-state index in [1.54, 1.807) is 43.6 Å². The third-order valence-corrected chi connectivity index (χ3v) is 5.27. The van der Waals surface area contributed by atoms with Crippen LogP contribution in [0.5, 0.6) is 0 Å². The predicted molar refractivity (Wildman–Crippen MR) is 109 cm³/mol. The summed E-state index contributed by atoms with van der Waals surface area (Å²) in [5.41, 5.74) is 1.93. The molecule has 3 aromatic rings. The molecule has 0 aliphatic carbocycles. The van der Waals surface area contributed by atoms with Crippen molar-refractivity contribution < 1.29 is 9.59 Å². The van der Waals surface area contributed by atoms with Gasteiger partial charge in [-0.05, 0) is 45.0 Å². The second-order valence-corrected chi connectivity index (χ2v) is 7.45. The number of anilines is 1. The van der Waals surface area contributed by atoms with Gasteiger partial charge in [-0.15, -0.1) is 10.2 Å². The van der Waals surface area contributed by atoms with Crippen LogP contribution in [0.1, 0.15) is 31.1 Å². The van der Waals surface area contributed by atoms with E-state index >= 15 is 0 Å². The summed E-state index contributed by atoms with van der Waals surface area (Å²) < 4.78 is 1.97. The van der Waals surface area contributed by atoms with Crippen molar-refractivity contribution in [1.82, 2.24) is 19.7 Å². The third-order valence-electron chi connectivity index (χ3n) is 4.19. The minimum Gasteiger partial charge on any atom is -0.324 e. The van der Waals surface area contributed by atoms with Crippen LogP contribution in [0, 0.1) is 0 Å². The standard InChI is InChI=1S/C20H21N5O2S/c1-4-25-18(15-9-11-21-12-10-15)23-24-20(25)28-14(3)19(27)22-17-8-6-5-7-16(17)13(2)26/h5-12,14H,4H2,1-3H3,(H,22,27)/t14-/m0/s1. The van der Waals surface area contributed by atoms with Gasteiger partial charge in [0.25, 0.3) is 0 Å². The molecule has 2 aromatic heterocycles. The molecule has 1 amide bonds. The van der Waals surface area contributed by atoms with Crippen LogP contribution in [0.2, 0.25) is 0 Å². The fraction of sp³-hybridized carbons (Fsp3) is 0.250. The number of aromatic nitrogens is 4. The molecule has 0 spiro atoms. The number of rotatable bonds is 7. The van der Waals surface area contributed by atoms with Crippen LogP contribution < -0.4 is 5.32 Å². The highest BCUT2D eigenvalue weighted by Gasteiger charge is 2.21. The van der Waals surface area contributed by atoms with E-state index in [-0.39, 0.29) is 11.7 Å². The van der Waals surface area contributed by atoms with Gasteiger partial charge < -0.3 is 9.88 Å². The molecule has 8 heteroatoms. The van der Waals surface area contributed by atoms with Crippen molar-refractivity contribution in [2.24, 2.45) is 0 Å². The van der Waals surface area contributed by atoms with Gasteiger partial charge in [-0.25, -0.2) is 0 Å². The molecule has 0 radical (unpaired) electrons. The van der Waals surface area contributed by atoms with Crippen molar-refractivity contribution in [3.8, 4) is 11.4 Å². The van der Waals surface area contributed by atoms with Crippen LogP contribution in [0.15, 0.2) is 53.9 Å². The molecule has 1 aromatic carbocycles. The Morgan fingerprint density at radius 2 is 1.86 bits per heavy atom. The van der Waals surface area contributed by atoms with E-state index in [1.165, 1.54) is 18.7 Å². The zero-order valence-electron chi connectivity index (χ0n) is 15.9. The van der Waals surface area contributed by atoms with Crippen molar-refractivity contribution in [2.45, 2.75) is 37.7 Å². The normalized spacial score (nSPS) is 11.8. The summed E-state index contributed by atoms with van der Waals surface area (Å²) in [6.45, 7) is 5.96. The first-order valence-electron chi connectivity index (χ1n) is 8.92. The number of hydrogen-bond donors (Lipinski definition) is 1. The Hall–Kier alpha value is -3.00. The number of benzene rings is 1. The van der Waals surface area contributed by atoms with Crippen LogP contribution in [-0.2, 0) is 11.3 Å². The van der Waals surface area contributed by atoms with Crippen molar-refractivity contribution >= 4 is 29.1 Å². The Bertz CT molecular complexity index is 987. The van der Waals surface area contributed by atoms with Gasteiger partial charge in [-0.3, -0.25) is 14.6 Å². The Labute approximate surface area is 167 Å². The number of nitrogens with one attached hydrogen (secondary N) is 1. The van der Waals surface area contributed by atoms with Crippen LogP contribution in [0.3, 0.4) is 0 Å². The zero-order valence-corrected chi connectivity index (χ0v) is 16.7. The van der Waals surface area contributed by atoms with Gasteiger partial charge in [-0.2, -0.15) is 0 Å². The Morgan fingerprint density at radius 3 is 2.54 bits per heavy atom. The number of ketones is 1. The van der Waals surface area contributed by atoms with Crippen molar-refractivity contribution in [1.29, 1.82) is 0 Å². The van der Waals surface area contributed by atoms with Crippen LogP contribution in [-0.4, -0.2) is 36.7 Å². The lowest BCUT2D eigenvalue weighted by Crippen LogP contribution is -2.24.